The van der Waals surface area contributed by atoms with Crippen LogP contribution in [0.25, 0.3) is 0 Å². The lowest BCUT2D eigenvalue weighted by atomic mass is 9.49. The molecule has 0 aromatic rings. The van der Waals surface area contributed by atoms with E-state index in [4.69, 9.17) is 4.43 Å². The first-order valence-electron chi connectivity index (χ1n) is 14.7. The molecule has 0 amide bonds. The number of aliphatic hydroxyl groups excluding tert-OH is 1. The van der Waals surface area contributed by atoms with Crippen LogP contribution in [0.2, 0.25) is 18.1 Å². The first kappa shape index (κ1) is 29.6. The SMILES string of the molecule is CC(SCCC(C)(C)O)C1=CC[C@H]2C3=CC=C4CC(O)CC(O[Si](C)(C)C(C)(C)C)[C@]4(C)[C@H]3CC[C@]12C. The van der Waals surface area contributed by atoms with Gasteiger partial charge in [0.05, 0.1) is 17.8 Å². The lowest BCUT2D eigenvalue weighted by Crippen LogP contribution is -2.57. The third-order valence-corrected chi connectivity index (χ3v) is 16.7. The van der Waals surface area contributed by atoms with Crippen molar-refractivity contribution < 1.29 is 14.6 Å². The Kier molecular flexibility index (Phi) is 7.96. The molecular weight excluding hydrogens is 493 g/mol. The van der Waals surface area contributed by atoms with Crippen LogP contribution in [0.15, 0.2) is 34.9 Å². The molecule has 2 fully saturated rings. The van der Waals surface area contributed by atoms with Crippen LogP contribution in [0.4, 0.5) is 0 Å². The van der Waals surface area contributed by atoms with Crippen molar-refractivity contribution in [2.75, 3.05) is 5.75 Å². The van der Waals surface area contributed by atoms with E-state index in [1.165, 1.54) is 18.4 Å². The molecule has 3 nitrogen and oxygen atoms in total. The molecule has 210 valence electrons. The minimum Gasteiger partial charge on any atom is -0.413 e. The van der Waals surface area contributed by atoms with E-state index < -0.39 is 13.9 Å². The van der Waals surface area contributed by atoms with Gasteiger partial charge in [-0.05, 0) is 100 Å². The summed E-state index contributed by atoms with van der Waals surface area (Å²) in [6, 6.07) is 0. The predicted octanol–water partition coefficient (Wildman–Crippen LogP) is 8.05. The highest BCUT2D eigenvalue weighted by Crippen LogP contribution is 2.65. The quantitative estimate of drug-likeness (QED) is 0.250. The molecule has 4 aliphatic carbocycles. The molecule has 0 saturated heterocycles. The number of hydrogen-bond acceptors (Lipinski definition) is 4. The third kappa shape index (κ3) is 5.38. The molecule has 0 spiro atoms. The minimum absolute atomic E-state index is 0.0318. The first-order chi connectivity index (χ1) is 16.9. The first-order valence-corrected chi connectivity index (χ1v) is 18.7. The van der Waals surface area contributed by atoms with Crippen molar-refractivity contribution in [1.29, 1.82) is 0 Å². The molecule has 7 atom stereocenters. The van der Waals surface area contributed by atoms with Crippen molar-refractivity contribution in [3.8, 4) is 0 Å². The number of hydrogen-bond donors (Lipinski definition) is 2. The summed E-state index contributed by atoms with van der Waals surface area (Å²) in [7, 11) is -1.98. The number of thioether (sulfide) groups is 1. The Morgan fingerprint density at radius 1 is 1.14 bits per heavy atom. The summed E-state index contributed by atoms with van der Waals surface area (Å²) < 4.78 is 7.18. The van der Waals surface area contributed by atoms with E-state index in [-0.39, 0.29) is 28.1 Å². The zero-order chi connectivity index (χ0) is 27.6. The van der Waals surface area contributed by atoms with Gasteiger partial charge in [0, 0.05) is 10.7 Å². The summed E-state index contributed by atoms with van der Waals surface area (Å²) in [4.78, 5) is 0. The van der Waals surface area contributed by atoms with E-state index >= 15 is 0 Å². The Morgan fingerprint density at radius 2 is 1.81 bits per heavy atom. The number of allylic oxidation sites excluding steroid dienone is 4. The van der Waals surface area contributed by atoms with Gasteiger partial charge in [-0.25, -0.2) is 0 Å². The van der Waals surface area contributed by atoms with Crippen LogP contribution in [-0.2, 0) is 4.43 Å². The van der Waals surface area contributed by atoms with E-state index in [9.17, 15) is 10.2 Å². The highest BCUT2D eigenvalue weighted by Gasteiger charge is 2.58. The highest BCUT2D eigenvalue weighted by atomic mass is 32.2. The molecule has 2 N–H and O–H groups in total. The minimum atomic E-state index is -1.98. The number of rotatable bonds is 7. The lowest BCUT2D eigenvalue weighted by molar-refractivity contribution is -0.0417. The summed E-state index contributed by atoms with van der Waals surface area (Å²) in [5.74, 6) is 2.06. The van der Waals surface area contributed by atoms with Gasteiger partial charge in [0.25, 0.3) is 0 Å². The number of fused-ring (bicyclic) bond motifs is 5. The summed E-state index contributed by atoms with van der Waals surface area (Å²) in [6.45, 7) is 22.9. The second-order valence-electron chi connectivity index (χ2n) is 15.1. The highest BCUT2D eigenvalue weighted by molar-refractivity contribution is 8.00. The van der Waals surface area contributed by atoms with Gasteiger partial charge < -0.3 is 14.6 Å². The van der Waals surface area contributed by atoms with Gasteiger partial charge in [0.1, 0.15) is 0 Å². The zero-order valence-electron chi connectivity index (χ0n) is 25.3. The van der Waals surface area contributed by atoms with E-state index in [0.29, 0.717) is 17.1 Å². The Morgan fingerprint density at radius 3 is 2.43 bits per heavy atom. The van der Waals surface area contributed by atoms with Gasteiger partial charge in [0.15, 0.2) is 8.32 Å². The monoisotopic (exact) mass is 546 g/mol. The topological polar surface area (TPSA) is 49.7 Å². The zero-order valence-corrected chi connectivity index (χ0v) is 27.1. The van der Waals surface area contributed by atoms with Crippen LogP contribution in [0.5, 0.6) is 0 Å². The molecule has 0 aromatic heterocycles. The molecule has 5 heteroatoms. The molecule has 0 bridgehead atoms. The van der Waals surface area contributed by atoms with Crippen molar-refractivity contribution >= 4 is 20.1 Å². The standard InChI is InChI=1S/C32H54O3SSi/c1-21(36-18-17-30(5,6)34)25-13-14-26-24-12-11-22-19-23(33)20-28(35-37(9,10)29(2,3)4)32(22,8)27(24)15-16-31(25,26)7/h11-13,21,23,26-28,33-34H,14-20H2,1-10H3/t21?,23?,26-,27-,28?,31+,32-/m0/s1. The van der Waals surface area contributed by atoms with Crippen LogP contribution < -0.4 is 0 Å². The van der Waals surface area contributed by atoms with Crippen molar-refractivity contribution in [1.82, 2.24) is 0 Å². The third-order valence-electron chi connectivity index (χ3n) is 11.0. The maximum Gasteiger partial charge on any atom is 0.192 e. The number of aliphatic hydroxyl groups is 2. The van der Waals surface area contributed by atoms with Crippen LogP contribution in [0.1, 0.15) is 93.9 Å². The molecule has 3 unspecified atom stereocenters. The molecule has 4 aliphatic rings. The average molecular weight is 547 g/mol. The maximum absolute atomic E-state index is 10.9. The summed E-state index contributed by atoms with van der Waals surface area (Å²) in [5.41, 5.74) is 4.27. The van der Waals surface area contributed by atoms with Gasteiger partial charge in [-0.2, -0.15) is 11.8 Å². The van der Waals surface area contributed by atoms with Crippen molar-refractivity contribution in [2.24, 2.45) is 22.7 Å². The van der Waals surface area contributed by atoms with E-state index in [0.717, 1.165) is 31.4 Å². The van der Waals surface area contributed by atoms with Crippen molar-refractivity contribution in [3.63, 3.8) is 0 Å². The van der Waals surface area contributed by atoms with Crippen LogP contribution in [0, 0.1) is 22.7 Å². The Balaban J connectivity index is 1.59. The summed E-state index contributed by atoms with van der Waals surface area (Å²) in [5, 5.41) is 21.7. The molecule has 0 aromatic carbocycles. The van der Waals surface area contributed by atoms with Gasteiger partial charge in [-0.3, -0.25) is 0 Å². The van der Waals surface area contributed by atoms with Gasteiger partial charge in [0.2, 0.25) is 0 Å². The van der Waals surface area contributed by atoms with Crippen LogP contribution in [-0.4, -0.2) is 47.3 Å². The van der Waals surface area contributed by atoms with E-state index in [1.807, 2.05) is 25.6 Å². The van der Waals surface area contributed by atoms with E-state index in [1.54, 1.807) is 11.1 Å². The largest absolute Gasteiger partial charge is 0.413 e. The van der Waals surface area contributed by atoms with Crippen molar-refractivity contribution in [2.45, 2.75) is 135 Å². The predicted molar refractivity (Wildman–Crippen MR) is 161 cm³/mol. The fourth-order valence-corrected chi connectivity index (χ4v) is 10.5. The molecule has 37 heavy (non-hydrogen) atoms. The summed E-state index contributed by atoms with van der Waals surface area (Å²) in [6.07, 6.45) is 13.1. The molecule has 0 aliphatic heterocycles. The fraction of sp³-hybridized carbons (Fsp3) is 0.812. The van der Waals surface area contributed by atoms with Gasteiger partial charge in [-0.1, -0.05) is 69.6 Å². The fourth-order valence-electron chi connectivity index (χ4n) is 7.55. The van der Waals surface area contributed by atoms with E-state index in [2.05, 4.69) is 72.9 Å². The Hall–Kier alpha value is -0.333. The lowest BCUT2D eigenvalue weighted by Gasteiger charge is -2.58. The normalized spacial score (nSPS) is 37.1. The molecule has 2 saturated carbocycles. The average Bonchev–Trinajstić information content (AvgIpc) is 3.10. The van der Waals surface area contributed by atoms with Crippen molar-refractivity contribution in [3.05, 3.63) is 34.9 Å². The molecule has 0 radical (unpaired) electrons. The van der Waals surface area contributed by atoms with Gasteiger partial charge in [-0.15, -0.1) is 0 Å². The molecule has 4 rings (SSSR count). The molecule has 0 heterocycles. The van der Waals surface area contributed by atoms with Gasteiger partial charge >= 0.3 is 0 Å². The van der Waals surface area contributed by atoms with Crippen LogP contribution in [0.3, 0.4) is 0 Å². The Labute approximate surface area is 232 Å². The maximum atomic E-state index is 10.9. The molecular formula is C32H54O3SSi. The van der Waals surface area contributed by atoms with Crippen LogP contribution >= 0.6 is 11.8 Å². The smallest absolute Gasteiger partial charge is 0.192 e. The summed E-state index contributed by atoms with van der Waals surface area (Å²) >= 11 is 2.01. The Bertz CT molecular complexity index is 967. The second-order valence-corrected chi connectivity index (χ2v) is 21.3. The second kappa shape index (κ2) is 9.94.